The molecule has 0 spiro atoms. The highest BCUT2D eigenvalue weighted by Crippen LogP contribution is 2.26. The number of nitrogens with one attached hydrogen (secondary N) is 1. The number of nitrogens with zero attached hydrogens (tertiary/aromatic N) is 3. The van der Waals surface area contributed by atoms with E-state index in [1.165, 1.54) is 16.4 Å². The minimum absolute atomic E-state index is 0.0827. The monoisotopic (exact) mass is 270 g/mol. The fourth-order valence-electron chi connectivity index (χ4n) is 1.75. The molecule has 0 aliphatic heterocycles. The van der Waals surface area contributed by atoms with Crippen molar-refractivity contribution in [3.05, 3.63) is 10.6 Å². The van der Waals surface area contributed by atoms with E-state index in [4.69, 9.17) is 0 Å². The molecular weight excluding hydrogens is 244 g/mol. The van der Waals surface area contributed by atoms with Crippen LogP contribution in [0.2, 0.25) is 0 Å². The molecule has 1 rings (SSSR count). The van der Waals surface area contributed by atoms with Gasteiger partial charge in [0.1, 0.15) is 0 Å². The maximum Gasteiger partial charge on any atom is 0.0854 e. The number of hydrogen-bond donors (Lipinski definition) is 1. The third-order valence-electron chi connectivity index (χ3n) is 2.73. The molecule has 1 heterocycles. The number of hydrogen-bond acceptors (Lipinski definition) is 5. The van der Waals surface area contributed by atoms with Gasteiger partial charge in [-0.3, -0.25) is 4.90 Å². The second kappa shape index (κ2) is 6.59. The number of aromatic nitrogens is 2. The van der Waals surface area contributed by atoms with Gasteiger partial charge in [-0.2, -0.15) is 0 Å². The Morgan fingerprint density at radius 2 is 2.00 bits per heavy atom. The molecule has 0 unspecified atom stereocenters. The minimum Gasteiger partial charge on any atom is -0.313 e. The van der Waals surface area contributed by atoms with Crippen molar-refractivity contribution in [1.29, 1.82) is 0 Å². The Kier molecular flexibility index (Phi) is 5.69. The Morgan fingerprint density at radius 1 is 1.33 bits per heavy atom. The zero-order chi connectivity index (χ0) is 13.8. The van der Waals surface area contributed by atoms with Crippen molar-refractivity contribution in [3.8, 4) is 0 Å². The van der Waals surface area contributed by atoms with Crippen LogP contribution >= 0.6 is 11.5 Å². The normalized spacial score (nSPS) is 12.7. The van der Waals surface area contributed by atoms with E-state index in [2.05, 4.69) is 61.5 Å². The maximum absolute atomic E-state index is 4.28. The van der Waals surface area contributed by atoms with Crippen LogP contribution in [-0.4, -0.2) is 40.7 Å². The molecule has 0 bridgehead atoms. The third-order valence-corrected chi connectivity index (χ3v) is 3.43. The molecule has 0 aliphatic carbocycles. The van der Waals surface area contributed by atoms with Crippen molar-refractivity contribution in [2.24, 2.45) is 0 Å². The molecule has 0 amide bonds. The van der Waals surface area contributed by atoms with Crippen molar-refractivity contribution in [2.75, 3.05) is 20.1 Å². The Morgan fingerprint density at radius 3 is 2.56 bits per heavy atom. The first kappa shape index (κ1) is 15.5. The summed E-state index contributed by atoms with van der Waals surface area (Å²) in [4.78, 5) is 3.61. The first-order valence-corrected chi connectivity index (χ1v) is 7.31. The van der Waals surface area contributed by atoms with Crippen molar-refractivity contribution in [1.82, 2.24) is 19.8 Å². The van der Waals surface area contributed by atoms with E-state index in [1.54, 1.807) is 0 Å². The fourth-order valence-corrected chi connectivity index (χ4v) is 2.68. The molecule has 1 N–H and O–H groups in total. The van der Waals surface area contributed by atoms with Gasteiger partial charge in [0.25, 0.3) is 0 Å². The SMILES string of the molecule is CC(C)NCCN(C)Cc1snnc1C(C)(C)C. The summed E-state index contributed by atoms with van der Waals surface area (Å²) in [5.41, 5.74) is 1.22. The highest BCUT2D eigenvalue weighted by atomic mass is 32.1. The average molecular weight is 270 g/mol. The first-order valence-electron chi connectivity index (χ1n) is 6.54. The van der Waals surface area contributed by atoms with Crippen molar-refractivity contribution in [3.63, 3.8) is 0 Å². The number of likely N-dealkylation sites (N-methyl/N-ethyl adjacent to an activating group) is 1. The molecule has 1 aromatic heterocycles. The molecule has 5 heteroatoms. The molecule has 0 saturated heterocycles. The molecule has 0 aliphatic rings. The van der Waals surface area contributed by atoms with Crippen LogP contribution in [0.1, 0.15) is 45.2 Å². The van der Waals surface area contributed by atoms with Gasteiger partial charge < -0.3 is 5.32 Å². The summed E-state index contributed by atoms with van der Waals surface area (Å²) < 4.78 is 4.10. The molecule has 4 nitrogen and oxygen atoms in total. The van der Waals surface area contributed by atoms with E-state index in [0.717, 1.165) is 25.3 Å². The van der Waals surface area contributed by atoms with Crippen LogP contribution in [0.15, 0.2) is 0 Å². The van der Waals surface area contributed by atoms with Crippen LogP contribution in [0.3, 0.4) is 0 Å². The van der Waals surface area contributed by atoms with Crippen molar-refractivity contribution in [2.45, 2.75) is 52.6 Å². The summed E-state index contributed by atoms with van der Waals surface area (Å²) in [6.45, 7) is 13.9. The molecule has 0 saturated carbocycles. The van der Waals surface area contributed by atoms with Gasteiger partial charge in [0.15, 0.2) is 0 Å². The first-order chi connectivity index (χ1) is 8.30. The van der Waals surface area contributed by atoms with Gasteiger partial charge in [-0.1, -0.05) is 39.1 Å². The smallest absolute Gasteiger partial charge is 0.0854 e. The molecule has 104 valence electrons. The quantitative estimate of drug-likeness (QED) is 0.861. The second-order valence-corrected chi connectivity index (χ2v) is 6.98. The summed E-state index contributed by atoms with van der Waals surface area (Å²) >= 11 is 1.52. The summed E-state index contributed by atoms with van der Waals surface area (Å²) in [6.07, 6.45) is 0. The standard InChI is InChI=1S/C13H26N4S/c1-10(2)14-7-8-17(6)9-11-12(13(3,4)5)15-16-18-11/h10,14H,7-9H2,1-6H3. The van der Waals surface area contributed by atoms with Gasteiger partial charge in [-0.15, -0.1) is 5.10 Å². The van der Waals surface area contributed by atoms with Crippen LogP contribution in [0.4, 0.5) is 0 Å². The van der Waals surface area contributed by atoms with E-state index in [1.807, 2.05) is 0 Å². The van der Waals surface area contributed by atoms with Gasteiger partial charge in [0, 0.05) is 31.1 Å². The fraction of sp³-hybridized carbons (Fsp3) is 0.846. The van der Waals surface area contributed by atoms with Crippen LogP contribution in [0.25, 0.3) is 0 Å². The third kappa shape index (κ3) is 5.00. The van der Waals surface area contributed by atoms with Crippen LogP contribution in [0, 0.1) is 0 Å². The number of rotatable bonds is 6. The van der Waals surface area contributed by atoms with E-state index in [0.29, 0.717) is 6.04 Å². The van der Waals surface area contributed by atoms with Crippen molar-refractivity contribution < 1.29 is 0 Å². The molecule has 0 radical (unpaired) electrons. The Hall–Kier alpha value is -0.520. The molecule has 0 atom stereocenters. The van der Waals surface area contributed by atoms with Gasteiger partial charge in [0.05, 0.1) is 10.6 Å². The largest absolute Gasteiger partial charge is 0.313 e. The van der Waals surface area contributed by atoms with Gasteiger partial charge in [0.2, 0.25) is 0 Å². The molecular formula is C13H26N4S. The van der Waals surface area contributed by atoms with E-state index >= 15 is 0 Å². The Labute approximate surface area is 115 Å². The zero-order valence-corrected chi connectivity index (χ0v) is 13.3. The summed E-state index contributed by atoms with van der Waals surface area (Å²) in [5, 5.41) is 7.71. The predicted molar refractivity (Wildman–Crippen MR) is 78.1 cm³/mol. The maximum atomic E-state index is 4.28. The highest BCUT2D eigenvalue weighted by Gasteiger charge is 2.22. The topological polar surface area (TPSA) is 41.0 Å². The van der Waals surface area contributed by atoms with Gasteiger partial charge in [-0.05, 0) is 18.6 Å². The lowest BCUT2D eigenvalue weighted by Crippen LogP contribution is -2.32. The van der Waals surface area contributed by atoms with E-state index in [-0.39, 0.29) is 5.41 Å². The average Bonchev–Trinajstić information content (AvgIpc) is 2.64. The van der Waals surface area contributed by atoms with Crippen molar-refractivity contribution >= 4 is 11.5 Å². The highest BCUT2D eigenvalue weighted by molar-refractivity contribution is 7.05. The predicted octanol–water partition coefficient (Wildman–Crippen LogP) is 2.27. The molecule has 0 aromatic carbocycles. The Balaban J connectivity index is 2.50. The van der Waals surface area contributed by atoms with Gasteiger partial charge in [-0.25, -0.2) is 0 Å². The molecule has 1 aromatic rings. The summed E-state index contributed by atoms with van der Waals surface area (Å²) in [5.74, 6) is 0. The zero-order valence-electron chi connectivity index (χ0n) is 12.4. The lowest BCUT2D eigenvalue weighted by atomic mass is 9.91. The van der Waals surface area contributed by atoms with Crippen LogP contribution < -0.4 is 5.32 Å². The van der Waals surface area contributed by atoms with E-state index in [9.17, 15) is 0 Å². The van der Waals surface area contributed by atoms with Gasteiger partial charge >= 0.3 is 0 Å². The summed E-state index contributed by atoms with van der Waals surface area (Å²) in [6, 6.07) is 0.550. The van der Waals surface area contributed by atoms with E-state index < -0.39 is 0 Å². The Bertz CT molecular complexity index is 354. The molecule has 0 fully saturated rings. The lowest BCUT2D eigenvalue weighted by molar-refractivity contribution is 0.319. The van der Waals surface area contributed by atoms with Crippen LogP contribution in [-0.2, 0) is 12.0 Å². The van der Waals surface area contributed by atoms with Crippen LogP contribution in [0.5, 0.6) is 0 Å². The summed E-state index contributed by atoms with van der Waals surface area (Å²) in [7, 11) is 2.15. The minimum atomic E-state index is 0.0827. The second-order valence-electron chi connectivity index (χ2n) is 6.14. The lowest BCUT2D eigenvalue weighted by Gasteiger charge is -2.20. The molecule has 18 heavy (non-hydrogen) atoms.